The second kappa shape index (κ2) is 3.09. The highest BCUT2D eigenvalue weighted by Gasteiger charge is 2.38. The quantitative estimate of drug-likeness (QED) is 0.531. The number of nitrogens with one attached hydrogen (secondary N) is 2. The number of carbonyl (C=O) groups is 1. The standard InChI is InChI=1S/C7H15N3O/c1-2-9-6(11)10-5-7(8)3-4-7/h2-5,8H2,1H3,(H2,9,10,11). The Bertz CT molecular complexity index is 154. The molecule has 0 aromatic heterocycles. The van der Waals surface area contributed by atoms with Gasteiger partial charge in [0, 0.05) is 18.6 Å². The summed E-state index contributed by atoms with van der Waals surface area (Å²) in [5.74, 6) is 0. The molecule has 0 atom stereocenters. The Morgan fingerprint density at radius 2 is 2.18 bits per heavy atom. The summed E-state index contributed by atoms with van der Waals surface area (Å²) in [6.07, 6.45) is 2.05. The highest BCUT2D eigenvalue weighted by atomic mass is 16.2. The zero-order valence-corrected chi connectivity index (χ0v) is 6.81. The molecular formula is C7H15N3O. The molecule has 0 aliphatic heterocycles. The van der Waals surface area contributed by atoms with Crippen LogP contribution in [0, 0.1) is 0 Å². The Hall–Kier alpha value is -0.770. The van der Waals surface area contributed by atoms with Crippen molar-refractivity contribution in [2.24, 2.45) is 5.73 Å². The number of amides is 2. The first-order valence-electron chi connectivity index (χ1n) is 3.97. The summed E-state index contributed by atoms with van der Waals surface area (Å²) >= 11 is 0. The van der Waals surface area contributed by atoms with Crippen LogP contribution in [0.5, 0.6) is 0 Å². The minimum atomic E-state index is -0.121. The summed E-state index contributed by atoms with van der Waals surface area (Å²) < 4.78 is 0. The van der Waals surface area contributed by atoms with E-state index in [1.165, 1.54) is 0 Å². The van der Waals surface area contributed by atoms with E-state index in [-0.39, 0.29) is 11.6 Å². The Morgan fingerprint density at radius 3 is 2.64 bits per heavy atom. The van der Waals surface area contributed by atoms with E-state index in [1.54, 1.807) is 0 Å². The molecule has 0 spiro atoms. The summed E-state index contributed by atoms with van der Waals surface area (Å²) in [6, 6.07) is -0.121. The molecule has 11 heavy (non-hydrogen) atoms. The number of rotatable bonds is 3. The van der Waals surface area contributed by atoms with Gasteiger partial charge >= 0.3 is 6.03 Å². The van der Waals surface area contributed by atoms with E-state index in [0.29, 0.717) is 13.1 Å². The number of hydrogen-bond acceptors (Lipinski definition) is 2. The highest BCUT2D eigenvalue weighted by Crippen LogP contribution is 2.30. The van der Waals surface area contributed by atoms with Crippen LogP contribution in [-0.4, -0.2) is 24.7 Å². The molecule has 0 unspecified atom stereocenters. The van der Waals surface area contributed by atoms with Gasteiger partial charge in [0.25, 0.3) is 0 Å². The Kier molecular flexibility index (Phi) is 2.34. The van der Waals surface area contributed by atoms with Crippen LogP contribution in [0.1, 0.15) is 19.8 Å². The lowest BCUT2D eigenvalue weighted by molar-refractivity contribution is 0.240. The molecular weight excluding hydrogens is 142 g/mol. The van der Waals surface area contributed by atoms with E-state index in [4.69, 9.17) is 5.73 Å². The van der Waals surface area contributed by atoms with Crippen LogP contribution in [0.2, 0.25) is 0 Å². The van der Waals surface area contributed by atoms with Crippen LogP contribution in [0.3, 0.4) is 0 Å². The average Bonchev–Trinajstić information content (AvgIpc) is 2.66. The smallest absolute Gasteiger partial charge is 0.314 e. The molecule has 4 heteroatoms. The fraction of sp³-hybridized carbons (Fsp3) is 0.857. The molecule has 0 bridgehead atoms. The fourth-order valence-electron chi connectivity index (χ4n) is 0.817. The SMILES string of the molecule is CCNC(=O)NCC1(N)CC1. The van der Waals surface area contributed by atoms with Gasteiger partial charge in [-0.2, -0.15) is 0 Å². The van der Waals surface area contributed by atoms with Crippen molar-refractivity contribution >= 4 is 6.03 Å². The number of nitrogens with two attached hydrogens (primary N) is 1. The third-order valence-corrected chi connectivity index (χ3v) is 1.83. The van der Waals surface area contributed by atoms with Gasteiger partial charge in [-0.3, -0.25) is 0 Å². The summed E-state index contributed by atoms with van der Waals surface area (Å²) in [5.41, 5.74) is 5.66. The van der Waals surface area contributed by atoms with Gasteiger partial charge in [0.15, 0.2) is 0 Å². The van der Waals surface area contributed by atoms with Crippen LogP contribution >= 0.6 is 0 Å². The lowest BCUT2D eigenvalue weighted by Crippen LogP contribution is -2.43. The fourth-order valence-corrected chi connectivity index (χ4v) is 0.817. The van der Waals surface area contributed by atoms with Crippen molar-refractivity contribution in [2.75, 3.05) is 13.1 Å². The first-order chi connectivity index (χ1) is 5.16. The molecule has 1 fully saturated rings. The van der Waals surface area contributed by atoms with Crippen molar-refractivity contribution in [3.63, 3.8) is 0 Å². The Balaban J connectivity index is 2.06. The van der Waals surface area contributed by atoms with E-state index in [0.717, 1.165) is 12.8 Å². The zero-order chi connectivity index (χ0) is 8.32. The van der Waals surface area contributed by atoms with E-state index >= 15 is 0 Å². The molecule has 2 amide bonds. The topological polar surface area (TPSA) is 67.2 Å². The molecule has 64 valence electrons. The maximum atomic E-state index is 10.8. The Morgan fingerprint density at radius 1 is 1.55 bits per heavy atom. The third kappa shape index (κ3) is 2.76. The van der Waals surface area contributed by atoms with Crippen LogP contribution in [0.15, 0.2) is 0 Å². The molecule has 0 radical (unpaired) electrons. The van der Waals surface area contributed by atoms with Gasteiger partial charge in [0.05, 0.1) is 0 Å². The van der Waals surface area contributed by atoms with Gasteiger partial charge in [-0.1, -0.05) is 0 Å². The molecule has 4 nitrogen and oxygen atoms in total. The van der Waals surface area contributed by atoms with Crippen LogP contribution in [-0.2, 0) is 0 Å². The lowest BCUT2D eigenvalue weighted by atomic mass is 10.3. The lowest BCUT2D eigenvalue weighted by Gasteiger charge is -2.09. The Labute approximate surface area is 66.5 Å². The molecule has 0 saturated heterocycles. The van der Waals surface area contributed by atoms with Crippen molar-refractivity contribution in [3.05, 3.63) is 0 Å². The third-order valence-electron chi connectivity index (χ3n) is 1.83. The summed E-state index contributed by atoms with van der Waals surface area (Å²) in [6.45, 7) is 3.14. The normalized spacial score (nSPS) is 19.1. The second-order valence-corrected chi connectivity index (χ2v) is 3.08. The average molecular weight is 157 g/mol. The van der Waals surface area contributed by atoms with Crippen molar-refractivity contribution in [1.82, 2.24) is 10.6 Å². The van der Waals surface area contributed by atoms with Gasteiger partial charge in [0.1, 0.15) is 0 Å². The maximum Gasteiger partial charge on any atom is 0.314 e. The van der Waals surface area contributed by atoms with Crippen molar-refractivity contribution < 1.29 is 4.79 Å². The first-order valence-corrected chi connectivity index (χ1v) is 3.97. The minimum absolute atomic E-state index is 0.0922. The molecule has 1 saturated carbocycles. The van der Waals surface area contributed by atoms with Gasteiger partial charge in [-0.25, -0.2) is 4.79 Å². The summed E-state index contributed by atoms with van der Waals surface area (Å²) in [5, 5.41) is 5.35. The number of carbonyl (C=O) groups excluding carboxylic acids is 1. The van der Waals surface area contributed by atoms with E-state index in [9.17, 15) is 4.79 Å². The molecule has 1 aliphatic rings. The number of hydrogen-bond donors (Lipinski definition) is 3. The van der Waals surface area contributed by atoms with Gasteiger partial charge in [-0.05, 0) is 19.8 Å². The summed E-state index contributed by atoms with van der Waals surface area (Å²) in [7, 11) is 0. The van der Waals surface area contributed by atoms with Gasteiger partial charge < -0.3 is 16.4 Å². The molecule has 1 aliphatic carbocycles. The predicted octanol–water partition coefficient (Wildman–Crippen LogP) is -0.203. The molecule has 0 heterocycles. The van der Waals surface area contributed by atoms with Crippen LogP contribution in [0.4, 0.5) is 4.79 Å². The molecule has 4 N–H and O–H groups in total. The van der Waals surface area contributed by atoms with Crippen molar-refractivity contribution in [1.29, 1.82) is 0 Å². The van der Waals surface area contributed by atoms with Crippen LogP contribution < -0.4 is 16.4 Å². The van der Waals surface area contributed by atoms with Gasteiger partial charge in [0.2, 0.25) is 0 Å². The van der Waals surface area contributed by atoms with Gasteiger partial charge in [-0.15, -0.1) is 0 Å². The highest BCUT2D eigenvalue weighted by molar-refractivity contribution is 5.73. The monoisotopic (exact) mass is 157 g/mol. The number of urea groups is 1. The minimum Gasteiger partial charge on any atom is -0.338 e. The van der Waals surface area contributed by atoms with E-state index in [1.807, 2.05) is 6.92 Å². The molecule has 1 rings (SSSR count). The summed E-state index contributed by atoms with van der Waals surface area (Å²) in [4.78, 5) is 10.8. The van der Waals surface area contributed by atoms with Crippen molar-refractivity contribution in [2.45, 2.75) is 25.3 Å². The zero-order valence-electron chi connectivity index (χ0n) is 6.81. The molecule has 0 aromatic rings. The van der Waals surface area contributed by atoms with Crippen molar-refractivity contribution in [3.8, 4) is 0 Å². The van der Waals surface area contributed by atoms with E-state index < -0.39 is 0 Å². The first kappa shape index (κ1) is 8.33. The van der Waals surface area contributed by atoms with E-state index in [2.05, 4.69) is 10.6 Å². The maximum absolute atomic E-state index is 10.8. The van der Waals surface area contributed by atoms with Crippen LogP contribution in [0.25, 0.3) is 0 Å². The largest absolute Gasteiger partial charge is 0.338 e. The molecule has 0 aromatic carbocycles. The predicted molar refractivity (Wildman–Crippen MR) is 43.2 cm³/mol. The second-order valence-electron chi connectivity index (χ2n) is 3.08.